The van der Waals surface area contributed by atoms with Crippen LogP contribution in [0.3, 0.4) is 0 Å². The van der Waals surface area contributed by atoms with E-state index in [1.54, 1.807) is 6.07 Å². The van der Waals surface area contributed by atoms with Crippen LogP contribution in [0.2, 0.25) is 0 Å². The van der Waals surface area contributed by atoms with Crippen LogP contribution in [0.15, 0.2) is 46.8 Å². The molecular weight excluding hydrogens is 572 g/mol. The zero-order valence-electron chi connectivity index (χ0n) is 22.0. The molecule has 0 bridgehead atoms. The second-order valence-electron chi connectivity index (χ2n) is 9.98. The normalized spacial score (nSPS) is 15.3. The first-order valence-corrected chi connectivity index (χ1v) is 14.4. The molecule has 0 amide bonds. The summed E-state index contributed by atoms with van der Waals surface area (Å²) in [5, 5.41) is 0.363. The van der Waals surface area contributed by atoms with Crippen LogP contribution in [0.25, 0.3) is 16.1 Å². The number of anilines is 1. The molecule has 1 N–H and O–H groups in total. The lowest BCUT2D eigenvalue weighted by molar-refractivity contribution is -0.137. The molecular formula is C27H26F4N2O5S2. The van der Waals surface area contributed by atoms with E-state index in [-0.39, 0.29) is 27.4 Å². The van der Waals surface area contributed by atoms with Crippen molar-refractivity contribution >= 4 is 38.6 Å². The van der Waals surface area contributed by atoms with Crippen LogP contribution in [0, 0.1) is 11.2 Å². The molecule has 0 radical (unpaired) electrons. The molecule has 1 heterocycles. The highest BCUT2D eigenvalue weighted by Gasteiger charge is 2.36. The molecule has 0 unspecified atom stereocenters. The average Bonchev–Trinajstić information content (AvgIpc) is 3.39. The van der Waals surface area contributed by atoms with Gasteiger partial charge in [-0.25, -0.2) is 14.2 Å². The molecule has 0 aliphatic heterocycles. The maximum absolute atomic E-state index is 14.5. The predicted octanol–water partition coefficient (Wildman–Crippen LogP) is 7.16. The molecule has 0 saturated heterocycles. The Morgan fingerprint density at radius 2 is 1.88 bits per heavy atom. The highest BCUT2D eigenvalue weighted by Crippen LogP contribution is 2.43. The second kappa shape index (κ2) is 10.8. The largest absolute Gasteiger partial charge is 0.495 e. The van der Waals surface area contributed by atoms with Gasteiger partial charge in [-0.2, -0.15) is 21.6 Å². The quantitative estimate of drug-likeness (QED) is 0.229. The summed E-state index contributed by atoms with van der Waals surface area (Å²) >= 11 is 0.723. The van der Waals surface area contributed by atoms with Gasteiger partial charge in [0.15, 0.2) is 5.03 Å². The van der Waals surface area contributed by atoms with Crippen molar-refractivity contribution in [3.8, 4) is 16.3 Å². The van der Waals surface area contributed by atoms with Gasteiger partial charge in [0.25, 0.3) is 10.0 Å². The number of nitrogens with one attached hydrogen (secondary N) is 1. The summed E-state index contributed by atoms with van der Waals surface area (Å²) in [6.45, 7) is 4.22. The van der Waals surface area contributed by atoms with Gasteiger partial charge >= 0.3 is 12.1 Å². The Hall–Kier alpha value is -3.45. The smallest absolute Gasteiger partial charge is 0.417 e. The molecule has 0 spiro atoms. The summed E-state index contributed by atoms with van der Waals surface area (Å²) in [5.41, 5.74) is -0.619. The minimum atomic E-state index is -4.71. The van der Waals surface area contributed by atoms with Crippen molar-refractivity contribution < 1.29 is 40.2 Å². The van der Waals surface area contributed by atoms with E-state index in [0.717, 1.165) is 60.4 Å². The average molecular weight is 599 g/mol. The van der Waals surface area contributed by atoms with Crippen molar-refractivity contribution in [1.82, 2.24) is 4.98 Å². The zero-order chi connectivity index (χ0) is 29.5. The van der Waals surface area contributed by atoms with Gasteiger partial charge < -0.3 is 9.47 Å². The van der Waals surface area contributed by atoms with Gasteiger partial charge in [-0.05, 0) is 47.9 Å². The van der Waals surface area contributed by atoms with Crippen LogP contribution in [-0.4, -0.2) is 33.6 Å². The van der Waals surface area contributed by atoms with E-state index in [2.05, 4.69) is 28.3 Å². The lowest BCUT2D eigenvalue weighted by Crippen LogP contribution is -2.15. The van der Waals surface area contributed by atoms with Crippen molar-refractivity contribution in [3.63, 3.8) is 0 Å². The second-order valence-corrected chi connectivity index (χ2v) is 12.5. The molecule has 40 heavy (non-hydrogen) atoms. The van der Waals surface area contributed by atoms with Crippen LogP contribution in [0.5, 0.6) is 5.75 Å². The molecule has 2 aromatic carbocycles. The fourth-order valence-corrected chi connectivity index (χ4v) is 6.47. The van der Waals surface area contributed by atoms with Crippen LogP contribution in [0.1, 0.15) is 54.6 Å². The first kappa shape index (κ1) is 29.5. The Balaban J connectivity index is 1.68. The number of hydrogen-bond donors (Lipinski definition) is 1. The van der Waals surface area contributed by atoms with E-state index in [0.29, 0.717) is 12.0 Å². The SMILES string of the molecule is COC(=O)c1cc(OC)c(NS(=O)(=O)c2csc(-c3ccc(C4=CCC(C)(C)CC4)cc3C(F)(F)F)n2)cc1F. The predicted molar refractivity (Wildman–Crippen MR) is 143 cm³/mol. The zero-order valence-corrected chi connectivity index (χ0v) is 23.6. The fraction of sp³-hybridized carbons (Fsp3) is 0.333. The highest BCUT2D eigenvalue weighted by molar-refractivity contribution is 7.92. The van der Waals surface area contributed by atoms with Gasteiger partial charge in [0.2, 0.25) is 0 Å². The minimum absolute atomic E-state index is 0.0896. The molecule has 7 nitrogen and oxygen atoms in total. The first-order chi connectivity index (χ1) is 18.6. The van der Waals surface area contributed by atoms with Gasteiger partial charge in [-0.1, -0.05) is 32.1 Å². The molecule has 0 fully saturated rings. The molecule has 1 aliphatic rings. The Labute approximate surface area is 232 Å². The molecule has 0 saturated carbocycles. The number of methoxy groups -OCH3 is 2. The van der Waals surface area contributed by atoms with Crippen molar-refractivity contribution in [2.75, 3.05) is 18.9 Å². The summed E-state index contributed by atoms with van der Waals surface area (Å²) in [6.07, 6.45) is -0.489. The summed E-state index contributed by atoms with van der Waals surface area (Å²) in [7, 11) is -2.25. The number of ether oxygens (including phenoxy) is 2. The molecule has 13 heteroatoms. The number of thiazole rings is 1. The maximum atomic E-state index is 14.5. The third-order valence-electron chi connectivity index (χ3n) is 6.60. The number of benzene rings is 2. The van der Waals surface area contributed by atoms with E-state index in [1.165, 1.54) is 13.2 Å². The van der Waals surface area contributed by atoms with E-state index in [4.69, 9.17) is 4.74 Å². The number of hydrogen-bond acceptors (Lipinski definition) is 7. The fourth-order valence-electron chi connectivity index (χ4n) is 4.28. The van der Waals surface area contributed by atoms with Crippen molar-refractivity contribution in [2.45, 2.75) is 44.3 Å². The first-order valence-electron chi connectivity index (χ1n) is 12.0. The Kier molecular flexibility index (Phi) is 8.01. The minimum Gasteiger partial charge on any atom is -0.495 e. The van der Waals surface area contributed by atoms with E-state index in [9.17, 15) is 30.8 Å². The number of carbonyl (C=O) groups is 1. The number of halogens is 4. The summed E-state index contributed by atoms with van der Waals surface area (Å²) < 4.78 is 94.5. The van der Waals surface area contributed by atoms with Crippen LogP contribution >= 0.6 is 11.3 Å². The number of sulfonamides is 1. The molecule has 3 aromatic rings. The van der Waals surface area contributed by atoms with E-state index in [1.807, 2.05) is 6.08 Å². The highest BCUT2D eigenvalue weighted by atomic mass is 32.2. The number of aromatic nitrogens is 1. The Morgan fingerprint density at radius 1 is 1.15 bits per heavy atom. The number of alkyl halides is 3. The molecule has 1 aromatic heterocycles. The van der Waals surface area contributed by atoms with Crippen molar-refractivity contribution in [2.24, 2.45) is 5.41 Å². The maximum Gasteiger partial charge on any atom is 0.417 e. The van der Waals surface area contributed by atoms with E-state index < -0.39 is 44.1 Å². The number of allylic oxidation sites excluding steroid dienone is 2. The van der Waals surface area contributed by atoms with Crippen molar-refractivity contribution in [1.29, 1.82) is 0 Å². The lowest BCUT2D eigenvalue weighted by Gasteiger charge is -2.29. The van der Waals surface area contributed by atoms with Gasteiger partial charge in [0.05, 0.1) is 31.0 Å². The molecule has 1 aliphatic carbocycles. The molecule has 4 rings (SSSR count). The standard InChI is InChI=1S/C27H26F4N2O5S2/c1-26(2)9-7-15(8-10-26)16-5-6-17(19(11-16)27(29,30)31)24-32-23(14-39-24)40(35,36)33-21-13-20(28)18(25(34)38-4)12-22(21)37-3/h5-7,11-14,33H,8-10H2,1-4H3. The number of esters is 1. The van der Waals surface area contributed by atoms with Gasteiger partial charge in [0, 0.05) is 17.0 Å². The topological polar surface area (TPSA) is 94.6 Å². The summed E-state index contributed by atoms with van der Waals surface area (Å²) in [6, 6.07) is 5.65. The van der Waals surface area contributed by atoms with Gasteiger partial charge in [-0.15, -0.1) is 11.3 Å². The third kappa shape index (κ3) is 6.15. The van der Waals surface area contributed by atoms with Crippen LogP contribution in [0.4, 0.5) is 23.2 Å². The van der Waals surface area contributed by atoms with E-state index >= 15 is 0 Å². The Morgan fingerprint density at radius 3 is 2.48 bits per heavy atom. The number of nitrogens with zero attached hydrogens (tertiary/aromatic N) is 1. The molecule has 0 atom stereocenters. The number of rotatable bonds is 7. The van der Waals surface area contributed by atoms with Crippen LogP contribution in [-0.2, 0) is 20.9 Å². The van der Waals surface area contributed by atoms with Crippen molar-refractivity contribution in [3.05, 3.63) is 64.3 Å². The Bertz CT molecular complexity index is 1590. The summed E-state index contributed by atoms with van der Waals surface area (Å²) in [4.78, 5) is 15.7. The molecule has 214 valence electrons. The third-order valence-corrected chi connectivity index (χ3v) is 8.87. The van der Waals surface area contributed by atoms with Crippen LogP contribution < -0.4 is 9.46 Å². The lowest BCUT2D eigenvalue weighted by atomic mass is 9.77. The summed E-state index contributed by atoms with van der Waals surface area (Å²) in [5.74, 6) is -2.25. The van der Waals surface area contributed by atoms with Gasteiger partial charge in [-0.3, -0.25) is 4.72 Å². The number of carbonyl (C=O) groups excluding carboxylic acids is 1. The monoisotopic (exact) mass is 598 g/mol. The van der Waals surface area contributed by atoms with Gasteiger partial charge in [0.1, 0.15) is 16.6 Å².